The minimum atomic E-state index is -0.0516. The van der Waals surface area contributed by atoms with Crippen molar-refractivity contribution < 1.29 is 9.53 Å². The van der Waals surface area contributed by atoms with Gasteiger partial charge in [0.25, 0.3) is 0 Å². The van der Waals surface area contributed by atoms with E-state index in [1.54, 1.807) is 0 Å². The Balaban J connectivity index is 1.53. The average molecular weight is 445 g/mol. The fourth-order valence-electron chi connectivity index (χ4n) is 2.97. The molecule has 6 nitrogen and oxygen atoms in total. The fourth-order valence-corrected chi connectivity index (χ4v) is 3.82. The SMILES string of the molecule is Cc1cc(OCc2nnc(SCC(=O)NC(C)c3ccccc3)n2C)cc(C)c1Cl. The van der Waals surface area contributed by atoms with Gasteiger partial charge in [-0.15, -0.1) is 10.2 Å². The van der Waals surface area contributed by atoms with Crippen LogP contribution in [-0.2, 0) is 18.4 Å². The van der Waals surface area contributed by atoms with E-state index in [2.05, 4.69) is 15.5 Å². The summed E-state index contributed by atoms with van der Waals surface area (Å²) in [4.78, 5) is 12.3. The Kier molecular flexibility index (Phi) is 7.39. The molecule has 0 saturated carbocycles. The van der Waals surface area contributed by atoms with E-state index in [4.69, 9.17) is 16.3 Å². The highest BCUT2D eigenvalue weighted by atomic mass is 35.5. The number of amides is 1. The van der Waals surface area contributed by atoms with Crippen LogP contribution in [0.3, 0.4) is 0 Å². The molecule has 0 saturated heterocycles. The van der Waals surface area contributed by atoms with E-state index in [9.17, 15) is 4.79 Å². The van der Waals surface area contributed by atoms with Crippen LogP contribution in [0.5, 0.6) is 5.75 Å². The third kappa shape index (κ3) is 5.55. The molecule has 2 aromatic carbocycles. The number of halogens is 1. The predicted molar refractivity (Wildman–Crippen MR) is 120 cm³/mol. The Bertz CT molecular complexity index is 1000. The number of carbonyl (C=O) groups excluding carboxylic acids is 1. The van der Waals surface area contributed by atoms with Gasteiger partial charge in [-0.25, -0.2) is 0 Å². The minimum absolute atomic E-state index is 0.0472. The second kappa shape index (κ2) is 10.00. The van der Waals surface area contributed by atoms with Gasteiger partial charge in [0.05, 0.1) is 11.8 Å². The van der Waals surface area contributed by atoms with Crippen molar-refractivity contribution >= 4 is 29.3 Å². The van der Waals surface area contributed by atoms with Crippen molar-refractivity contribution in [3.8, 4) is 5.75 Å². The van der Waals surface area contributed by atoms with Crippen LogP contribution in [0.25, 0.3) is 0 Å². The van der Waals surface area contributed by atoms with E-state index in [0.29, 0.717) is 11.0 Å². The lowest BCUT2D eigenvalue weighted by Gasteiger charge is -2.14. The Labute approximate surface area is 186 Å². The van der Waals surface area contributed by atoms with Crippen LogP contribution >= 0.6 is 23.4 Å². The summed E-state index contributed by atoms with van der Waals surface area (Å²) in [7, 11) is 1.86. The number of thioether (sulfide) groups is 1. The molecule has 0 spiro atoms. The van der Waals surface area contributed by atoms with Crippen molar-refractivity contribution in [3.05, 3.63) is 70.0 Å². The summed E-state index contributed by atoms with van der Waals surface area (Å²) >= 11 is 7.55. The summed E-state index contributed by atoms with van der Waals surface area (Å²) in [6, 6.07) is 13.6. The maximum absolute atomic E-state index is 12.3. The molecule has 1 unspecified atom stereocenters. The molecule has 0 aliphatic carbocycles. The molecule has 0 aliphatic heterocycles. The van der Waals surface area contributed by atoms with Crippen molar-refractivity contribution in [2.24, 2.45) is 7.05 Å². The van der Waals surface area contributed by atoms with Gasteiger partial charge in [-0.2, -0.15) is 0 Å². The third-order valence-corrected chi connectivity index (χ3v) is 6.33. The number of hydrogen-bond acceptors (Lipinski definition) is 5. The molecule has 3 aromatic rings. The third-order valence-electron chi connectivity index (χ3n) is 4.71. The normalized spacial score (nSPS) is 11.9. The lowest BCUT2D eigenvalue weighted by atomic mass is 10.1. The maximum Gasteiger partial charge on any atom is 0.230 e. The fraction of sp³-hybridized carbons (Fsp3) is 0.318. The molecular weight excluding hydrogens is 420 g/mol. The zero-order valence-electron chi connectivity index (χ0n) is 17.5. The number of rotatable bonds is 8. The molecule has 3 rings (SSSR count). The highest BCUT2D eigenvalue weighted by molar-refractivity contribution is 7.99. The van der Waals surface area contributed by atoms with Gasteiger partial charge >= 0.3 is 0 Å². The summed E-state index contributed by atoms with van der Waals surface area (Å²) in [6.07, 6.45) is 0. The van der Waals surface area contributed by atoms with E-state index in [0.717, 1.165) is 27.5 Å². The van der Waals surface area contributed by atoms with Crippen LogP contribution in [0.15, 0.2) is 47.6 Å². The molecule has 1 N–H and O–H groups in total. The first-order valence-electron chi connectivity index (χ1n) is 9.60. The molecule has 1 atom stereocenters. The number of nitrogens with one attached hydrogen (secondary N) is 1. The summed E-state index contributed by atoms with van der Waals surface area (Å²) in [5.41, 5.74) is 3.01. The molecule has 8 heteroatoms. The van der Waals surface area contributed by atoms with Crippen molar-refractivity contribution in [2.45, 2.75) is 38.6 Å². The van der Waals surface area contributed by atoms with Crippen LogP contribution < -0.4 is 10.1 Å². The van der Waals surface area contributed by atoms with E-state index >= 15 is 0 Å². The monoisotopic (exact) mass is 444 g/mol. The van der Waals surface area contributed by atoms with Gasteiger partial charge < -0.3 is 14.6 Å². The first kappa shape index (κ1) is 22.2. The summed E-state index contributed by atoms with van der Waals surface area (Å²) < 4.78 is 7.70. The number of aromatic nitrogens is 3. The Morgan fingerprint density at radius 1 is 1.20 bits per heavy atom. The Morgan fingerprint density at radius 2 is 1.87 bits per heavy atom. The second-order valence-corrected chi connectivity index (χ2v) is 8.43. The number of benzene rings is 2. The van der Waals surface area contributed by atoms with Crippen LogP contribution in [0, 0.1) is 13.8 Å². The predicted octanol–water partition coefficient (Wildman–Crippen LogP) is 4.63. The smallest absolute Gasteiger partial charge is 0.230 e. The standard InChI is InChI=1S/C22H25ClN4O2S/c1-14-10-18(11-15(2)21(14)23)29-12-19-25-26-22(27(19)4)30-13-20(28)24-16(3)17-8-6-5-7-9-17/h5-11,16H,12-13H2,1-4H3,(H,24,28). The van der Waals surface area contributed by atoms with Gasteiger partial charge in [0.15, 0.2) is 11.0 Å². The molecule has 158 valence electrons. The highest BCUT2D eigenvalue weighted by Gasteiger charge is 2.14. The number of hydrogen-bond donors (Lipinski definition) is 1. The zero-order valence-corrected chi connectivity index (χ0v) is 19.0. The molecule has 0 radical (unpaired) electrons. The van der Waals surface area contributed by atoms with Crippen LogP contribution in [0.1, 0.15) is 35.5 Å². The van der Waals surface area contributed by atoms with E-state index in [-0.39, 0.29) is 24.3 Å². The second-order valence-electron chi connectivity index (χ2n) is 7.11. The van der Waals surface area contributed by atoms with Crippen LogP contribution in [0.2, 0.25) is 5.02 Å². The molecular formula is C22H25ClN4O2S. The van der Waals surface area contributed by atoms with Crippen molar-refractivity contribution in [2.75, 3.05) is 5.75 Å². The lowest BCUT2D eigenvalue weighted by Crippen LogP contribution is -2.28. The van der Waals surface area contributed by atoms with Crippen LogP contribution in [0.4, 0.5) is 0 Å². The Morgan fingerprint density at radius 3 is 2.53 bits per heavy atom. The largest absolute Gasteiger partial charge is 0.486 e. The molecule has 1 heterocycles. The van der Waals surface area contributed by atoms with Gasteiger partial charge in [0.1, 0.15) is 12.4 Å². The number of ether oxygens (including phenoxy) is 1. The van der Waals surface area contributed by atoms with Gasteiger partial charge in [-0.05, 0) is 49.6 Å². The topological polar surface area (TPSA) is 69.0 Å². The van der Waals surface area contributed by atoms with Gasteiger partial charge in [0, 0.05) is 12.1 Å². The molecule has 1 aromatic heterocycles. The molecule has 1 amide bonds. The summed E-state index contributed by atoms with van der Waals surface area (Å²) in [5, 5.41) is 12.8. The van der Waals surface area contributed by atoms with Crippen molar-refractivity contribution in [1.29, 1.82) is 0 Å². The van der Waals surface area contributed by atoms with Crippen LogP contribution in [-0.4, -0.2) is 26.4 Å². The molecule has 0 bridgehead atoms. The highest BCUT2D eigenvalue weighted by Crippen LogP contribution is 2.26. The average Bonchev–Trinajstić information content (AvgIpc) is 3.09. The molecule has 0 aliphatic rings. The first-order valence-corrected chi connectivity index (χ1v) is 11.0. The van der Waals surface area contributed by atoms with E-state index < -0.39 is 0 Å². The maximum atomic E-state index is 12.3. The number of nitrogens with zero attached hydrogens (tertiary/aromatic N) is 3. The molecule has 0 fully saturated rings. The lowest BCUT2D eigenvalue weighted by molar-refractivity contribution is -0.119. The van der Waals surface area contributed by atoms with E-state index in [1.165, 1.54) is 11.8 Å². The number of carbonyl (C=O) groups is 1. The van der Waals surface area contributed by atoms with Gasteiger partial charge in [-0.3, -0.25) is 4.79 Å². The van der Waals surface area contributed by atoms with Gasteiger partial charge in [-0.1, -0.05) is 53.7 Å². The minimum Gasteiger partial charge on any atom is -0.486 e. The molecule has 30 heavy (non-hydrogen) atoms. The zero-order chi connectivity index (χ0) is 21.7. The first-order chi connectivity index (χ1) is 14.3. The van der Waals surface area contributed by atoms with Gasteiger partial charge in [0.2, 0.25) is 5.91 Å². The summed E-state index contributed by atoms with van der Waals surface area (Å²) in [6.45, 7) is 6.14. The van der Waals surface area contributed by atoms with Crippen molar-refractivity contribution in [1.82, 2.24) is 20.1 Å². The van der Waals surface area contributed by atoms with Crippen molar-refractivity contribution in [3.63, 3.8) is 0 Å². The number of aryl methyl sites for hydroxylation is 2. The van der Waals surface area contributed by atoms with E-state index in [1.807, 2.05) is 74.9 Å². The summed E-state index contributed by atoms with van der Waals surface area (Å²) in [5.74, 6) is 1.63. The quantitative estimate of drug-likeness (QED) is 0.513. The Hall–Kier alpha value is -2.51.